The molecule has 0 amide bonds. The normalized spacial score (nSPS) is 14.2. The molecule has 4 N–H and O–H groups in total. The lowest BCUT2D eigenvalue weighted by Gasteiger charge is -2.05. The molecule has 0 fully saturated rings. The second-order valence-corrected chi connectivity index (χ2v) is 10.4. The zero-order valence-electron chi connectivity index (χ0n) is 14.2. The third-order valence-corrected chi connectivity index (χ3v) is 5.69. The van der Waals surface area contributed by atoms with Crippen LogP contribution >= 0.6 is 38.5 Å². The van der Waals surface area contributed by atoms with Gasteiger partial charge in [0.15, 0.2) is 0 Å². The quantitative estimate of drug-likeness (QED) is 0.215. The molecule has 134 valence electrons. The molecule has 0 aromatic carbocycles. The summed E-state index contributed by atoms with van der Waals surface area (Å²) in [6.07, 6.45) is 6.35. The van der Waals surface area contributed by atoms with E-state index >= 15 is 0 Å². The van der Waals surface area contributed by atoms with Crippen molar-refractivity contribution in [3.05, 3.63) is 92.7 Å². The molecule has 4 nitrogen and oxygen atoms in total. The first kappa shape index (κ1) is 16.9. The molecule has 0 radical (unpaired) electrons. The third-order valence-electron chi connectivity index (χ3n) is 4.61. The Morgan fingerprint density at radius 3 is 1.85 bits per heavy atom. The first-order valence-electron chi connectivity index (χ1n) is 8.60. The van der Waals surface area contributed by atoms with Gasteiger partial charge in [-0.3, -0.25) is 0 Å². The van der Waals surface area contributed by atoms with Crippen LogP contribution in [0.2, 0.25) is 0 Å². The van der Waals surface area contributed by atoms with Gasteiger partial charge in [0, 0.05) is 49.7 Å². The van der Waals surface area contributed by atoms with Crippen LogP contribution in [0.15, 0.2) is 48.5 Å². The maximum Gasteiger partial charge on any atom is 0.0950 e. The molecule has 1 atom stereocenters. The summed E-state index contributed by atoms with van der Waals surface area (Å²) in [5, 5.41) is 4.29. The molecular weight excluding hydrogens is 515 g/mol. The number of alkyl halides is 2. The number of aromatic amines is 4. The molecule has 1 unspecified atom stereocenters. The third kappa shape index (κ3) is 3.39. The number of hydrogen-bond donors (Lipinski definition) is 4. The number of fused-ring (bicyclic) bond motifs is 8. The summed E-state index contributed by atoms with van der Waals surface area (Å²) in [6.45, 7) is 0. The standard InChI is InChI=1S/C21H16BrIN4/c22-21(23)20-18-7-5-16(26-18)10-14-3-1-12(24-14)9-13-2-4-15(25-13)11-17-6-8-19(20)27-17/h1-11,21,24-27H. The molecule has 5 rings (SSSR count). The fourth-order valence-electron chi connectivity index (χ4n) is 3.39. The minimum absolute atomic E-state index is 0.177. The van der Waals surface area contributed by atoms with Crippen molar-refractivity contribution in [2.24, 2.45) is 0 Å². The fourth-order valence-corrected chi connectivity index (χ4v) is 4.55. The molecule has 1 aliphatic rings. The first-order chi connectivity index (χ1) is 13.1. The minimum Gasteiger partial charge on any atom is -0.355 e. The molecule has 0 saturated heterocycles. The topological polar surface area (TPSA) is 63.2 Å². The Bertz CT molecular complexity index is 1360. The van der Waals surface area contributed by atoms with E-state index in [1.807, 2.05) is 0 Å². The summed E-state index contributed by atoms with van der Waals surface area (Å²) in [6, 6.07) is 16.8. The van der Waals surface area contributed by atoms with Crippen LogP contribution in [0.3, 0.4) is 0 Å². The molecule has 8 bridgehead atoms. The molecule has 4 aromatic heterocycles. The fraction of sp³-hybridized carbons (Fsp3) is 0.0476. The summed E-state index contributed by atoms with van der Waals surface area (Å²) >= 11 is 6.13. The molecule has 0 saturated carbocycles. The average Bonchev–Trinajstić information content (AvgIpc) is 3.39. The van der Waals surface area contributed by atoms with Crippen molar-refractivity contribution in [3.8, 4) is 0 Å². The van der Waals surface area contributed by atoms with Gasteiger partial charge in [-0.25, -0.2) is 0 Å². The molecule has 0 aliphatic carbocycles. The average molecular weight is 531 g/mol. The van der Waals surface area contributed by atoms with Gasteiger partial charge in [0.2, 0.25) is 0 Å². The lowest BCUT2D eigenvalue weighted by atomic mass is 10.2. The second-order valence-electron chi connectivity index (χ2n) is 6.54. The van der Waals surface area contributed by atoms with Gasteiger partial charge in [-0.15, -0.1) is 0 Å². The molecule has 4 aromatic rings. The molecular formula is C21H16BrIN4. The summed E-state index contributed by atoms with van der Waals surface area (Å²) in [7, 11) is 0. The minimum atomic E-state index is 0.177. The van der Waals surface area contributed by atoms with Crippen molar-refractivity contribution in [3.63, 3.8) is 0 Å². The van der Waals surface area contributed by atoms with Gasteiger partial charge in [-0.1, -0.05) is 38.5 Å². The predicted octanol–water partition coefficient (Wildman–Crippen LogP) is 2.15. The van der Waals surface area contributed by atoms with Crippen LogP contribution in [-0.4, -0.2) is 22.8 Å². The van der Waals surface area contributed by atoms with Gasteiger partial charge in [-0.2, -0.15) is 0 Å². The van der Waals surface area contributed by atoms with E-state index in [1.165, 1.54) is 5.57 Å². The lowest BCUT2D eigenvalue weighted by molar-refractivity contribution is 1.21. The number of halogens is 2. The van der Waals surface area contributed by atoms with Crippen LogP contribution < -0.4 is 21.4 Å². The summed E-state index contributed by atoms with van der Waals surface area (Å²) in [5.41, 5.74) is 5.48. The van der Waals surface area contributed by atoms with E-state index in [1.54, 1.807) is 0 Å². The van der Waals surface area contributed by atoms with E-state index in [2.05, 4.69) is 125 Å². The Morgan fingerprint density at radius 1 is 0.630 bits per heavy atom. The maximum absolute atomic E-state index is 3.74. The van der Waals surface area contributed by atoms with Gasteiger partial charge >= 0.3 is 0 Å². The number of nitrogens with one attached hydrogen (secondary N) is 4. The van der Waals surface area contributed by atoms with E-state index in [0.29, 0.717) is 0 Å². The Labute approximate surface area is 177 Å². The van der Waals surface area contributed by atoms with Gasteiger partial charge < -0.3 is 19.9 Å². The van der Waals surface area contributed by atoms with E-state index in [4.69, 9.17) is 0 Å². The van der Waals surface area contributed by atoms with Crippen LogP contribution in [0, 0.1) is 0 Å². The van der Waals surface area contributed by atoms with E-state index in [-0.39, 0.29) is 2.83 Å². The highest BCUT2D eigenvalue weighted by molar-refractivity contribution is 14.1. The molecule has 0 spiro atoms. The number of rotatable bonds is 1. The van der Waals surface area contributed by atoms with Crippen LogP contribution in [-0.2, 0) is 0 Å². The zero-order valence-corrected chi connectivity index (χ0v) is 17.9. The van der Waals surface area contributed by atoms with Crippen molar-refractivity contribution in [1.82, 2.24) is 19.9 Å². The van der Waals surface area contributed by atoms with Crippen molar-refractivity contribution in [2.75, 3.05) is 0 Å². The molecule has 5 heterocycles. The van der Waals surface area contributed by atoms with Crippen LogP contribution in [0.4, 0.5) is 0 Å². The SMILES string of the molecule is BrC(I)C1=c2ccc([nH]2)=Cc2ccc([nH]2)C=c2ccc([nH]2)=Cc2ccc1[nH]2. The number of hydrogen-bond acceptors (Lipinski definition) is 0. The lowest BCUT2D eigenvalue weighted by Crippen LogP contribution is -2.16. The summed E-state index contributed by atoms with van der Waals surface area (Å²) < 4.78 is 0.177. The Morgan fingerprint density at radius 2 is 1.19 bits per heavy atom. The Kier molecular flexibility index (Phi) is 4.24. The van der Waals surface area contributed by atoms with Crippen molar-refractivity contribution >= 4 is 62.3 Å². The highest BCUT2D eigenvalue weighted by atomic mass is 127. The summed E-state index contributed by atoms with van der Waals surface area (Å²) in [5.74, 6) is 0. The Hall–Kier alpha value is -2.19. The van der Waals surface area contributed by atoms with Crippen molar-refractivity contribution < 1.29 is 0 Å². The van der Waals surface area contributed by atoms with Crippen molar-refractivity contribution in [2.45, 2.75) is 2.83 Å². The Balaban J connectivity index is 1.83. The zero-order chi connectivity index (χ0) is 18.4. The second kappa shape index (κ2) is 6.76. The highest BCUT2D eigenvalue weighted by Crippen LogP contribution is 2.26. The van der Waals surface area contributed by atoms with Crippen LogP contribution in [0.1, 0.15) is 22.8 Å². The maximum atomic E-state index is 3.74. The molecule has 27 heavy (non-hydrogen) atoms. The van der Waals surface area contributed by atoms with E-state index in [0.717, 1.165) is 44.2 Å². The number of aromatic nitrogens is 4. The van der Waals surface area contributed by atoms with E-state index in [9.17, 15) is 0 Å². The first-order valence-corrected chi connectivity index (χ1v) is 10.8. The van der Waals surface area contributed by atoms with E-state index < -0.39 is 0 Å². The monoisotopic (exact) mass is 530 g/mol. The van der Waals surface area contributed by atoms with Gasteiger partial charge in [0.1, 0.15) is 0 Å². The highest BCUT2D eigenvalue weighted by Gasteiger charge is 2.13. The van der Waals surface area contributed by atoms with Gasteiger partial charge in [-0.05, 0) is 66.8 Å². The predicted molar refractivity (Wildman–Crippen MR) is 122 cm³/mol. The van der Waals surface area contributed by atoms with Crippen LogP contribution in [0.25, 0.3) is 23.8 Å². The number of H-pyrrole nitrogens is 4. The molecule has 1 aliphatic heterocycles. The van der Waals surface area contributed by atoms with Gasteiger partial charge in [0.05, 0.1) is 2.83 Å². The molecule has 6 heteroatoms. The largest absolute Gasteiger partial charge is 0.355 e. The van der Waals surface area contributed by atoms with Crippen LogP contribution in [0.5, 0.6) is 0 Å². The summed E-state index contributed by atoms with van der Waals surface area (Å²) in [4.78, 5) is 13.9. The van der Waals surface area contributed by atoms with Gasteiger partial charge in [0.25, 0.3) is 0 Å². The van der Waals surface area contributed by atoms with Crippen molar-refractivity contribution in [1.29, 1.82) is 0 Å². The smallest absolute Gasteiger partial charge is 0.0950 e.